The van der Waals surface area contributed by atoms with Gasteiger partial charge in [-0.25, -0.2) is 0 Å². The number of hydrogen-bond donors (Lipinski definition) is 1. The van der Waals surface area contributed by atoms with Gasteiger partial charge in [-0.2, -0.15) is 0 Å². The van der Waals surface area contributed by atoms with E-state index in [4.69, 9.17) is 0 Å². The van der Waals surface area contributed by atoms with Crippen molar-refractivity contribution in [3.05, 3.63) is 71.8 Å². The fourth-order valence-corrected chi connectivity index (χ4v) is 4.07. The van der Waals surface area contributed by atoms with Crippen molar-refractivity contribution in [1.82, 2.24) is 0 Å². The Balaban J connectivity index is 1.74. The summed E-state index contributed by atoms with van der Waals surface area (Å²) < 4.78 is 0. The van der Waals surface area contributed by atoms with Crippen LogP contribution in [0.4, 0.5) is 0 Å². The third kappa shape index (κ3) is 6.50. The molecule has 0 aliphatic heterocycles. The quantitative estimate of drug-likeness (QED) is 0.459. The minimum Gasteiger partial charge on any atom is -0.395 e. The van der Waals surface area contributed by atoms with Gasteiger partial charge in [0.2, 0.25) is 0 Å². The molecule has 2 aromatic rings. The summed E-state index contributed by atoms with van der Waals surface area (Å²) in [6.45, 7) is 9.51. The molecule has 2 atom stereocenters. The van der Waals surface area contributed by atoms with E-state index in [0.29, 0.717) is 0 Å². The zero-order valence-corrected chi connectivity index (χ0v) is 17.7. The van der Waals surface area contributed by atoms with Crippen molar-refractivity contribution in [2.24, 2.45) is 5.92 Å². The van der Waals surface area contributed by atoms with Crippen LogP contribution in [0.1, 0.15) is 77.3 Å². The normalized spacial score (nSPS) is 15.3. The van der Waals surface area contributed by atoms with E-state index in [1.54, 1.807) is 0 Å². The van der Waals surface area contributed by atoms with E-state index in [2.05, 4.69) is 82.3 Å². The Labute approximate surface area is 166 Å². The lowest BCUT2D eigenvalue weighted by molar-refractivity contribution is 0.191. The number of aliphatic hydroxyl groups excluding tert-OH is 1. The van der Waals surface area contributed by atoms with E-state index in [0.717, 1.165) is 12.3 Å². The number of hydrogen-bond acceptors (Lipinski definition) is 1. The highest BCUT2D eigenvalue weighted by atomic mass is 16.3. The van der Waals surface area contributed by atoms with Crippen LogP contribution in [0.5, 0.6) is 0 Å². The maximum Gasteiger partial charge on any atom is 0.0525 e. The predicted molar refractivity (Wildman–Crippen MR) is 117 cm³/mol. The first-order valence-corrected chi connectivity index (χ1v) is 10.6. The maximum absolute atomic E-state index is 9.94. The molecule has 0 amide bonds. The standard InChI is InChI=1S/C26H38O/c1-22(13-11-19-25(2,3)23-15-7-5-8-16-23)14-12-20-26(4,21-27)24-17-9-6-10-18-24/h5-10,15-18,22,27H,11-14,19-21H2,1-4H3. The Bertz CT molecular complexity index is 646. The fraction of sp³-hybridized carbons (Fsp3) is 0.538. The number of aliphatic hydroxyl groups is 1. The van der Waals surface area contributed by atoms with Crippen molar-refractivity contribution < 1.29 is 5.11 Å². The van der Waals surface area contributed by atoms with E-state index in [9.17, 15) is 5.11 Å². The summed E-state index contributed by atoms with van der Waals surface area (Å²) in [6.07, 6.45) is 7.27. The SMILES string of the molecule is CC(CCCC(C)(C)c1ccccc1)CCCC(C)(CO)c1ccccc1. The summed E-state index contributed by atoms with van der Waals surface area (Å²) in [6, 6.07) is 21.4. The van der Waals surface area contributed by atoms with Crippen LogP contribution in [0.25, 0.3) is 0 Å². The van der Waals surface area contributed by atoms with Crippen molar-refractivity contribution in [1.29, 1.82) is 0 Å². The van der Waals surface area contributed by atoms with Crippen LogP contribution in [-0.4, -0.2) is 11.7 Å². The Morgan fingerprint density at radius 3 is 1.74 bits per heavy atom. The number of benzene rings is 2. The molecular formula is C26H38O. The average molecular weight is 367 g/mol. The number of rotatable bonds is 11. The lowest BCUT2D eigenvalue weighted by Gasteiger charge is -2.29. The van der Waals surface area contributed by atoms with Gasteiger partial charge < -0.3 is 5.11 Å². The van der Waals surface area contributed by atoms with Crippen LogP contribution in [0.2, 0.25) is 0 Å². The van der Waals surface area contributed by atoms with Crippen molar-refractivity contribution in [3.8, 4) is 0 Å². The molecule has 0 radical (unpaired) electrons. The molecule has 0 aliphatic rings. The van der Waals surface area contributed by atoms with Crippen LogP contribution < -0.4 is 0 Å². The van der Waals surface area contributed by atoms with E-state index in [1.165, 1.54) is 43.2 Å². The van der Waals surface area contributed by atoms with Crippen molar-refractivity contribution >= 4 is 0 Å². The lowest BCUT2D eigenvalue weighted by Crippen LogP contribution is -2.26. The predicted octanol–water partition coefficient (Wildman–Crippen LogP) is 6.89. The van der Waals surface area contributed by atoms with Crippen LogP contribution in [0.3, 0.4) is 0 Å². The minimum absolute atomic E-state index is 0.115. The molecule has 0 aromatic heterocycles. The molecule has 1 heteroatoms. The monoisotopic (exact) mass is 366 g/mol. The van der Waals surface area contributed by atoms with Gasteiger partial charge in [-0.05, 0) is 35.3 Å². The zero-order valence-electron chi connectivity index (χ0n) is 17.7. The second kappa shape index (κ2) is 10.1. The molecule has 0 saturated carbocycles. The maximum atomic E-state index is 9.94. The van der Waals surface area contributed by atoms with E-state index < -0.39 is 0 Å². The molecule has 0 spiro atoms. The van der Waals surface area contributed by atoms with Gasteiger partial charge in [-0.1, -0.05) is 114 Å². The molecule has 27 heavy (non-hydrogen) atoms. The summed E-state index contributed by atoms with van der Waals surface area (Å²) in [5, 5.41) is 9.94. The van der Waals surface area contributed by atoms with Crippen LogP contribution in [0.15, 0.2) is 60.7 Å². The molecule has 148 valence electrons. The summed E-state index contributed by atoms with van der Waals surface area (Å²) in [5.41, 5.74) is 2.84. The first kappa shape index (κ1) is 21.7. The second-order valence-corrected chi connectivity index (χ2v) is 9.22. The molecule has 2 unspecified atom stereocenters. The third-order valence-electron chi connectivity index (χ3n) is 6.30. The molecule has 0 aliphatic carbocycles. The van der Waals surface area contributed by atoms with Gasteiger partial charge in [0, 0.05) is 5.41 Å². The van der Waals surface area contributed by atoms with Crippen molar-refractivity contribution in [3.63, 3.8) is 0 Å². The van der Waals surface area contributed by atoms with Gasteiger partial charge in [0.25, 0.3) is 0 Å². The highest BCUT2D eigenvalue weighted by molar-refractivity contribution is 5.24. The van der Waals surface area contributed by atoms with Gasteiger partial charge >= 0.3 is 0 Å². The van der Waals surface area contributed by atoms with Gasteiger partial charge in [-0.3, -0.25) is 0 Å². The molecule has 0 heterocycles. The molecule has 1 N–H and O–H groups in total. The lowest BCUT2D eigenvalue weighted by atomic mass is 9.77. The Kier molecular flexibility index (Phi) is 8.10. The fourth-order valence-electron chi connectivity index (χ4n) is 4.07. The van der Waals surface area contributed by atoms with Crippen molar-refractivity contribution in [2.45, 2.75) is 77.0 Å². The van der Waals surface area contributed by atoms with Crippen LogP contribution in [0, 0.1) is 5.92 Å². The van der Waals surface area contributed by atoms with Gasteiger partial charge in [0.1, 0.15) is 0 Å². The smallest absolute Gasteiger partial charge is 0.0525 e. The van der Waals surface area contributed by atoms with E-state index >= 15 is 0 Å². The molecule has 2 rings (SSSR count). The second-order valence-electron chi connectivity index (χ2n) is 9.22. The summed E-state index contributed by atoms with van der Waals surface area (Å²) in [5.74, 6) is 0.746. The highest BCUT2D eigenvalue weighted by Gasteiger charge is 2.25. The zero-order chi connectivity index (χ0) is 19.8. The van der Waals surface area contributed by atoms with Crippen LogP contribution in [-0.2, 0) is 10.8 Å². The topological polar surface area (TPSA) is 20.2 Å². The first-order valence-electron chi connectivity index (χ1n) is 10.6. The van der Waals surface area contributed by atoms with Crippen molar-refractivity contribution in [2.75, 3.05) is 6.61 Å². The summed E-state index contributed by atoms with van der Waals surface area (Å²) in [4.78, 5) is 0. The average Bonchev–Trinajstić information content (AvgIpc) is 2.69. The van der Waals surface area contributed by atoms with Gasteiger partial charge in [0.15, 0.2) is 0 Å². The minimum atomic E-state index is -0.115. The van der Waals surface area contributed by atoms with E-state index in [-0.39, 0.29) is 17.4 Å². The third-order valence-corrected chi connectivity index (χ3v) is 6.30. The first-order chi connectivity index (χ1) is 12.9. The Hall–Kier alpha value is -1.60. The molecule has 0 bridgehead atoms. The molecular weight excluding hydrogens is 328 g/mol. The summed E-state index contributed by atoms with van der Waals surface area (Å²) in [7, 11) is 0. The Morgan fingerprint density at radius 2 is 1.22 bits per heavy atom. The molecule has 1 nitrogen and oxygen atoms in total. The molecule has 0 saturated heterocycles. The molecule has 2 aromatic carbocycles. The van der Waals surface area contributed by atoms with E-state index in [1.807, 2.05) is 6.07 Å². The van der Waals surface area contributed by atoms with Gasteiger partial charge in [0.05, 0.1) is 6.61 Å². The van der Waals surface area contributed by atoms with Crippen LogP contribution >= 0.6 is 0 Å². The highest BCUT2D eigenvalue weighted by Crippen LogP contribution is 2.32. The Morgan fingerprint density at radius 1 is 0.741 bits per heavy atom. The largest absolute Gasteiger partial charge is 0.395 e. The summed E-state index contributed by atoms with van der Waals surface area (Å²) >= 11 is 0. The molecule has 0 fully saturated rings. The van der Waals surface area contributed by atoms with Gasteiger partial charge in [-0.15, -0.1) is 0 Å².